The van der Waals surface area contributed by atoms with Gasteiger partial charge in [-0.2, -0.15) is 0 Å². The monoisotopic (exact) mass is 369 g/mol. The summed E-state index contributed by atoms with van der Waals surface area (Å²) in [7, 11) is 0. The van der Waals surface area contributed by atoms with E-state index in [0.717, 1.165) is 35.9 Å². The molecule has 140 valence electrons. The Morgan fingerprint density at radius 1 is 0.964 bits per heavy atom. The van der Waals surface area contributed by atoms with Gasteiger partial charge in [0.25, 0.3) is 0 Å². The maximum atomic E-state index is 11.3. The Morgan fingerprint density at radius 3 is 2.57 bits per heavy atom. The van der Waals surface area contributed by atoms with Crippen molar-refractivity contribution in [1.29, 1.82) is 0 Å². The van der Waals surface area contributed by atoms with Crippen LogP contribution in [-0.4, -0.2) is 17.4 Å². The van der Waals surface area contributed by atoms with Crippen LogP contribution in [0.4, 0.5) is 0 Å². The quantitative estimate of drug-likeness (QED) is 0.520. The highest BCUT2D eigenvalue weighted by molar-refractivity contribution is 6.07. The number of fused-ring (bicyclic) bond motifs is 3. The summed E-state index contributed by atoms with van der Waals surface area (Å²) in [4.78, 5) is 18.9. The third-order valence-electron chi connectivity index (χ3n) is 4.85. The summed E-state index contributed by atoms with van der Waals surface area (Å²) in [6.45, 7) is 3.19. The molecule has 0 unspecified atom stereocenters. The zero-order valence-electron chi connectivity index (χ0n) is 15.9. The van der Waals surface area contributed by atoms with Crippen molar-refractivity contribution in [3.05, 3.63) is 89.3 Å². The minimum Gasteiger partial charge on any atom is -0.354 e. The Kier molecular flexibility index (Phi) is 5.31. The van der Waals surface area contributed by atoms with Crippen LogP contribution < -0.4 is 10.7 Å². The predicted octanol–water partition coefficient (Wildman–Crippen LogP) is 4.10. The van der Waals surface area contributed by atoms with Gasteiger partial charge in [-0.3, -0.25) is 4.79 Å². The van der Waals surface area contributed by atoms with Crippen LogP contribution in [0.3, 0.4) is 0 Å². The summed E-state index contributed by atoms with van der Waals surface area (Å²) in [6.07, 6.45) is 1.01. The first-order chi connectivity index (χ1) is 13.7. The lowest BCUT2D eigenvalue weighted by Gasteiger charge is -2.06. The molecule has 4 rings (SSSR count). The van der Waals surface area contributed by atoms with Crippen LogP contribution in [0.25, 0.3) is 21.8 Å². The fraction of sp³-hybridized carbons (Fsp3) is 0.167. The van der Waals surface area contributed by atoms with Crippen molar-refractivity contribution in [2.45, 2.75) is 19.9 Å². The highest BCUT2D eigenvalue weighted by Crippen LogP contribution is 2.26. The number of nitrogens with zero attached hydrogens (tertiary/aromatic N) is 1. The molecule has 0 aliphatic carbocycles. The van der Waals surface area contributed by atoms with E-state index in [1.54, 1.807) is 0 Å². The molecule has 4 aromatic rings. The zero-order valence-corrected chi connectivity index (χ0v) is 15.9. The summed E-state index contributed by atoms with van der Waals surface area (Å²) in [6, 6.07) is 24.7. The second-order valence-corrected chi connectivity index (χ2v) is 6.93. The average molecular weight is 369 g/mol. The van der Waals surface area contributed by atoms with Gasteiger partial charge >= 0.3 is 0 Å². The average Bonchev–Trinajstić information content (AvgIpc) is 2.91. The van der Waals surface area contributed by atoms with E-state index in [1.807, 2.05) is 24.3 Å². The lowest BCUT2D eigenvalue weighted by atomic mass is 10.1. The molecule has 0 atom stereocenters. The van der Waals surface area contributed by atoms with Gasteiger partial charge in [0.1, 0.15) is 0 Å². The van der Waals surface area contributed by atoms with Crippen LogP contribution >= 0.6 is 0 Å². The van der Waals surface area contributed by atoms with Crippen molar-refractivity contribution in [1.82, 2.24) is 10.3 Å². The smallest absolute Gasteiger partial charge is 0.243 e. The minimum atomic E-state index is -0.196. The van der Waals surface area contributed by atoms with E-state index >= 15 is 0 Å². The Hall–Kier alpha value is -3.24. The Labute approximate surface area is 164 Å². The van der Waals surface area contributed by atoms with Crippen molar-refractivity contribution >= 4 is 27.7 Å². The molecular formula is C24H23N3O. The standard InChI is InChI=1S/C24H23N3O/c1-17(28)26-20-10-6-11-21-22-12-5-9-19(24(22)27-23(21)15-20)16-25-14-13-18-7-3-2-4-8-18/h2-12,15,25,27H,13-14,16H2,1H3. The summed E-state index contributed by atoms with van der Waals surface area (Å²) < 4.78 is 0. The zero-order chi connectivity index (χ0) is 19.3. The van der Waals surface area contributed by atoms with Gasteiger partial charge in [0.05, 0.1) is 10.9 Å². The molecule has 0 spiro atoms. The van der Waals surface area contributed by atoms with Crippen LogP contribution in [-0.2, 0) is 17.8 Å². The lowest BCUT2D eigenvalue weighted by Crippen LogP contribution is -2.16. The topological polar surface area (TPSA) is 57.2 Å². The molecule has 2 N–H and O–H groups in total. The van der Waals surface area contributed by atoms with Gasteiger partial charge in [-0.15, -0.1) is 0 Å². The van der Waals surface area contributed by atoms with E-state index in [9.17, 15) is 4.79 Å². The Bertz CT molecular complexity index is 1190. The van der Waals surface area contributed by atoms with Crippen molar-refractivity contribution in [2.24, 2.45) is 4.99 Å². The Balaban J connectivity index is 1.61. The number of para-hydroxylation sites is 1. The number of hydrogen-bond donors (Lipinski definition) is 2. The second-order valence-electron chi connectivity index (χ2n) is 6.93. The first kappa shape index (κ1) is 18.1. The number of hydrogen-bond acceptors (Lipinski definition) is 2. The number of carbonyl (C=O) groups excluding carboxylic acids is 1. The maximum absolute atomic E-state index is 11.3. The van der Waals surface area contributed by atoms with Gasteiger partial charge in [0.15, 0.2) is 0 Å². The van der Waals surface area contributed by atoms with Crippen molar-refractivity contribution in [3.8, 4) is 0 Å². The van der Waals surface area contributed by atoms with E-state index in [-0.39, 0.29) is 5.91 Å². The summed E-state index contributed by atoms with van der Waals surface area (Å²) >= 11 is 0. The van der Waals surface area contributed by atoms with E-state index in [4.69, 9.17) is 0 Å². The van der Waals surface area contributed by atoms with Crippen molar-refractivity contribution < 1.29 is 4.79 Å². The van der Waals surface area contributed by atoms with Gasteiger partial charge in [-0.1, -0.05) is 60.7 Å². The molecule has 28 heavy (non-hydrogen) atoms. The highest BCUT2D eigenvalue weighted by atomic mass is 16.1. The molecule has 0 radical (unpaired) electrons. The van der Waals surface area contributed by atoms with Gasteiger partial charge in [-0.25, -0.2) is 4.99 Å². The number of H-pyrrole nitrogens is 1. The number of rotatable bonds is 5. The molecule has 4 nitrogen and oxygen atoms in total. The molecule has 0 fully saturated rings. The number of nitrogens with one attached hydrogen (secondary N) is 2. The molecular weight excluding hydrogens is 346 g/mol. The van der Waals surface area contributed by atoms with Crippen LogP contribution in [0.15, 0.2) is 77.8 Å². The molecule has 0 aliphatic heterocycles. The third kappa shape index (κ3) is 4.02. The molecule has 3 aromatic carbocycles. The SMILES string of the molecule is CC(=O)N=c1cccc2c(c1)[nH]c1c(CNCCc3ccccc3)cccc12. The minimum absolute atomic E-state index is 0.196. The summed E-state index contributed by atoms with van der Waals surface area (Å²) in [5.41, 5.74) is 4.68. The van der Waals surface area contributed by atoms with E-state index in [0.29, 0.717) is 5.36 Å². The van der Waals surface area contributed by atoms with Gasteiger partial charge in [0, 0.05) is 29.8 Å². The van der Waals surface area contributed by atoms with Crippen molar-refractivity contribution in [2.75, 3.05) is 6.54 Å². The van der Waals surface area contributed by atoms with Crippen LogP contribution in [0.1, 0.15) is 18.1 Å². The molecule has 0 saturated carbocycles. The first-order valence-corrected chi connectivity index (χ1v) is 9.54. The maximum Gasteiger partial charge on any atom is 0.243 e. The second kappa shape index (κ2) is 8.19. The van der Waals surface area contributed by atoms with Crippen LogP contribution in [0, 0.1) is 0 Å². The molecule has 0 bridgehead atoms. The predicted molar refractivity (Wildman–Crippen MR) is 114 cm³/mol. The van der Waals surface area contributed by atoms with Gasteiger partial charge in [-0.05, 0) is 36.2 Å². The molecule has 4 heteroatoms. The van der Waals surface area contributed by atoms with E-state index in [1.165, 1.54) is 23.4 Å². The molecule has 0 aliphatic rings. The Morgan fingerprint density at radius 2 is 1.75 bits per heavy atom. The number of benzene rings is 2. The summed E-state index contributed by atoms with van der Waals surface area (Å²) in [5, 5.41) is 6.52. The van der Waals surface area contributed by atoms with Crippen molar-refractivity contribution in [3.63, 3.8) is 0 Å². The fourth-order valence-corrected chi connectivity index (χ4v) is 3.55. The largest absolute Gasteiger partial charge is 0.354 e. The molecule has 1 amide bonds. The number of carbonyl (C=O) groups is 1. The van der Waals surface area contributed by atoms with Gasteiger partial charge in [0.2, 0.25) is 5.91 Å². The normalized spacial score (nSPS) is 12.0. The van der Waals surface area contributed by atoms with Crippen LogP contribution in [0.2, 0.25) is 0 Å². The molecule has 0 saturated heterocycles. The fourth-order valence-electron chi connectivity index (χ4n) is 3.55. The molecule has 1 heterocycles. The molecule has 1 aromatic heterocycles. The number of amides is 1. The van der Waals surface area contributed by atoms with Gasteiger partial charge < -0.3 is 10.3 Å². The summed E-state index contributed by atoms with van der Waals surface area (Å²) in [5.74, 6) is -0.196. The third-order valence-corrected chi connectivity index (χ3v) is 4.85. The number of aromatic nitrogens is 1. The first-order valence-electron chi connectivity index (χ1n) is 9.54. The van der Waals surface area contributed by atoms with Crippen LogP contribution in [0.5, 0.6) is 0 Å². The van der Waals surface area contributed by atoms with E-state index in [2.05, 4.69) is 63.8 Å². The van der Waals surface area contributed by atoms with E-state index < -0.39 is 0 Å². The number of aromatic amines is 1. The highest BCUT2D eigenvalue weighted by Gasteiger charge is 2.07. The lowest BCUT2D eigenvalue weighted by molar-refractivity contribution is -0.116.